The summed E-state index contributed by atoms with van der Waals surface area (Å²) < 4.78 is 5.05. The van der Waals surface area contributed by atoms with Gasteiger partial charge in [-0.1, -0.05) is 36.4 Å². The maximum absolute atomic E-state index is 9.37. The predicted octanol–water partition coefficient (Wildman–Crippen LogP) is 2.44. The zero-order chi connectivity index (χ0) is 10.9. The first kappa shape index (κ1) is 12.3. The summed E-state index contributed by atoms with van der Waals surface area (Å²) in [7, 11) is 0. The monoisotopic (exact) mass is 224 g/mol. The lowest BCUT2D eigenvalue weighted by molar-refractivity contribution is -0.0703. The second kappa shape index (κ2) is 7.51. The van der Waals surface area contributed by atoms with E-state index in [1.54, 1.807) is 17.8 Å². The zero-order valence-electron chi connectivity index (χ0n) is 8.63. The summed E-state index contributed by atoms with van der Waals surface area (Å²) in [5.74, 6) is 1.48. The molecule has 0 heterocycles. The highest BCUT2D eigenvalue weighted by molar-refractivity contribution is 7.98. The molecular weight excluding hydrogens is 208 g/mol. The molecule has 0 saturated carbocycles. The molecule has 0 bridgehead atoms. The summed E-state index contributed by atoms with van der Waals surface area (Å²) in [6, 6.07) is 10.2. The molecule has 1 rings (SSSR count). The van der Waals surface area contributed by atoms with Crippen LogP contribution in [0.15, 0.2) is 43.0 Å². The van der Waals surface area contributed by atoms with Crippen LogP contribution in [0.3, 0.4) is 0 Å². The van der Waals surface area contributed by atoms with Gasteiger partial charge in [0.15, 0.2) is 6.29 Å². The highest BCUT2D eigenvalue weighted by Gasteiger charge is 2.02. The fraction of sp³-hybridized carbons (Fsp3) is 0.333. The van der Waals surface area contributed by atoms with Gasteiger partial charge in [0.25, 0.3) is 0 Å². The van der Waals surface area contributed by atoms with Crippen molar-refractivity contribution in [2.75, 3.05) is 12.4 Å². The van der Waals surface area contributed by atoms with E-state index in [9.17, 15) is 5.11 Å². The first-order valence-electron chi connectivity index (χ1n) is 4.85. The number of ether oxygens (including phenoxy) is 1. The Morgan fingerprint density at radius 3 is 2.80 bits per heavy atom. The van der Waals surface area contributed by atoms with E-state index in [2.05, 4.69) is 18.7 Å². The van der Waals surface area contributed by atoms with E-state index in [0.29, 0.717) is 12.4 Å². The summed E-state index contributed by atoms with van der Waals surface area (Å²) in [4.78, 5) is 0. The van der Waals surface area contributed by atoms with Crippen LogP contribution >= 0.6 is 11.8 Å². The summed E-state index contributed by atoms with van der Waals surface area (Å²) >= 11 is 1.66. The van der Waals surface area contributed by atoms with Gasteiger partial charge in [0.1, 0.15) is 0 Å². The van der Waals surface area contributed by atoms with Crippen LogP contribution in [0, 0.1) is 0 Å². The lowest BCUT2D eigenvalue weighted by Gasteiger charge is -2.09. The maximum Gasteiger partial charge on any atom is 0.164 e. The second-order valence-corrected chi connectivity index (χ2v) is 4.11. The van der Waals surface area contributed by atoms with Gasteiger partial charge >= 0.3 is 0 Å². The third kappa shape index (κ3) is 5.62. The lowest BCUT2D eigenvalue weighted by atomic mass is 10.2. The molecule has 0 fully saturated rings. The Balaban J connectivity index is 2.13. The summed E-state index contributed by atoms with van der Waals surface area (Å²) in [6.07, 6.45) is 0.933. The molecule has 15 heavy (non-hydrogen) atoms. The van der Waals surface area contributed by atoms with Crippen molar-refractivity contribution in [1.29, 1.82) is 0 Å². The predicted molar refractivity (Wildman–Crippen MR) is 64.8 cm³/mol. The molecule has 1 aromatic carbocycles. The number of aliphatic hydroxyl groups excluding tert-OH is 1. The smallest absolute Gasteiger partial charge is 0.164 e. The standard InChI is InChI=1S/C12H16O2S/c1-2-8-14-12(13)10-15-9-11-6-4-3-5-7-11/h2-7,12-13H,1,8-10H2. The molecule has 1 N–H and O–H groups in total. The zero-order valence-corrected chi connectivity index (χ0v) is 9.45. The van der Waals surface area contributed by atoms with Crippen LogP contribution < -0.4 is 0 Å². The first-order valence-corrected chi connectivity index (χ1v) is 6.00. The highest BCUT2D eigenvalue weighted by Crippen LogP contribution is 2.12. The molecule has 0 aromatic heterocycles. The number of thioether (sulfide) groups is 1. The van der Waals surface area contributed by atoms with Gasteiger partial charge in [0.05, 0.1) is 6.61 Å². The average Bonchev–Trinajstić information content (AvgIpc) is 2.28. The van der Waals surface area contributed by atoms with E-state index < -0.39 is 6.29 Å². The molecule has 0 radical (unpaired) electrons. The van der Waals surface area contributed by atoms with E-state index in [1.165, 1.54) is 5.56 Å². The van der Waals surface area contributed by atoms with Crippen LogP contribution in [-0.4, -0.2) is 23.8 Å². The minimum atomic E-state index is -0.697. The van der Waals surface area contributed by atoms with Crippen LogP contribution in [-0.2, 0) is 10.5 Å². The fourth-order valence-electron chi connectivity index (χ4n) is 1.08. The Morgan fingerprint density at radius 1 is 1.40 bits per heavy atom. The number of rotatable bonds is 7. The largest absolute Gasteiger partial charge is 0.367 e. The summed E-state index contributed by atoms with van der Waals surface area (Å²) in [6.45, 7) is 3.91. The molecule has 1 unspecified atom stereocenters. The molecule has 3 heteroatoms. The van der Waals surface area contributed by atoms with Gasteiger partial charge < -0.3 is 9.84 Å². The molecule has 0 saturated heterocycles. The van der Waals surface area contributed by atoms with Gasteiger partial charge in [0, 0.05) is 11.5 Å². The van der Waals surface area contributed by atoms with Crippen molar-refractivity contribution in [3.8, 4) is 0 Å². The molecule has 2 nitrogen and oxygen atoms in total. The van der Waals surface area contributed by atoms with E-state index in [1.807, 2.05) is 18.2 Å². The van der Waals surface area contributed by atoms with Gasteiger partial charge in [-0.05, 0) is 5.56 Å². The quantitative estimate of drug-likeness (QED) is 0.570. The van der Waals surface area contributed by atoms with Gasteiger partial charge in [0.2, 0.25) is 0 Å². The van der Waals surface area contributed by atoms with Crippen LogP contribution in [0.4, 0.5) is 0 Å². The minimum absolute atomic E-state index is 0.396. The number of aliphatic hydroxyl groups is 1. The van der Waals surface area contributed by atoms with Crippen LogP contribution in [0.1, 0.15) is 5.56 Å². The topological polar surface area (TPSA) is 29.5 Å². The summed E-state index contributed by atoms with van der Waals surface area (Å²) in [5, 5.41) is 9.37. The maximum atomic E-state index is 9.37. The van der Waals surface area contributed by atoms with Gasteiger partial charge in [-0.3, -0.25) is 0 Å². The lowest BCUT2D eigenvalue weighted by Crippen LogP contribution is -2.14. The SMILES string of the molecule is C=CCOC(O)CSCc1ccccc1. The van der Waals surface area contributed by atoms with Crippen molar-refractivity contribution in [2.45, 2.75) is 12.0 Å². The summed E-state index contributed by atoms with van der Waals surface area (Å²) in [5.41, 5.74) is 1.26. The first-order chi connectivity index (χ1) is 7.33. The van der Waals surface area contributed by atoms with Crippen molar-refractivity contribution in [3.63, 3.8) is 0 Å². The van der Waals surface area contributed by atoms with Gasteiger partial charge in [-0.25, -0.2) is 0 Å². The molecule has 1 aromatic rings. The molecule has 0 aliphatic carbocycles. The Labute approximate surface area is 95.0 Å². The third-order valence-electron chi connectivity index (χ3n) is 1.78. The van der Waals surface area contributed by atoms with Crippen LogP contribution in [0.25, 0.3) is 0 Å². The van der Waals surface area contributed by atoms with Crippen molar-refractivity contribution in [2.24, 2.45) is 0 Å². The number of benzene rings is 1. The van der Waals surface area contributed by atoms with Crippen LogP contribution in [0.2, 0.25) is 0 Å². The molecule has 1 atom stereocenters. The fourth-order valence-corrected chi connectivity index (χ4v) is 1.92. The Morgan fingerprint density at radius 2 is 2.13 bits per heavy atom. The third-order valence-corrected chi connectivity index (χ3v) is 2.84. The highest BCUT2D eigenvalue weighted by atomic mass is 32.2. The Kier molecular flexibility index (Phi) is 6.16. The van der Waals surface area contributed by atoms with Gasteiger partial charge in [-0.15, -0.1) is 6.58 Å². The van der Waals surface area contributed by atoms with Crippen molar-refractivity contribution in [3.05, 3.63) is 48.6 Å². The molecule has 0 spiro atoms. The molecule has 82 valence electrons. The minimum Gasteiger partial charge on any atom is -0.367 e. The Hall–Kier alpha value is -0.770. The number of hydrogen-bond acceptors (Lipinski definition) is 3. The normalized spacial score (nSPS) is 12.3. The van der Waals surface area contributed by atoms with Crippen molar-refractivity contribution < 1.29 is 9.84 Å². The molecule has 0 amide bonds. The van der Waals surface area contributed by atoms with E-state index in [-0.39, 0.29) is 0 Å². The van der Waals surface area contributed by atoms with E-state index in [0.717, 1.165) is 5.75 Å². The van der Waals surface area contributed by atoms with E-state index >= 15 is 0 Å². The molecule has 0 aliphatic rings. The van der Waals surface area contributed by atoms with Gasteiger partial charge in [-0.2, -0.15) is 11.8 Å². The van der Waals surface area contributed by atoms with Crippen molar-refractivity contribution >= 4 is 11.8 Å². The molecule has 0 aliphatic heterocycles. The molecular formula is C12H16O2S. The van der Waals surface area contributed by atoms with Crippen LogP contribution in [0.5, 0.6) is 0 Å². The second-order valence-electron chi connectivity index (χ2n) is 3.08. The van der Waals surface area contributed by atoms with E-state index in [4.69, 9.17) is 4.74 Å². The number of hydrogen-bond donors (Lipinski definition) is 1. The van der Waals surface area contributed by atoms with Crippen molar-refractivity contribution in [1.82, 2.24) is 0 Å². The average molecular weight is 224 g/mol. The Bertz CT molecular complexity index is 274.